The van der Waals surface area contributed by atoms with Crippen molar-refractivity contribution in [3.63, 3.8) is 0 Å². The van der Waals surface area contributed by atoms with Crippen LogP contribution < -0.4 is 5.32 Å². The maximum Gasteiger partial charge on any atom is 0.252 e. The predicted molar refractivity (Wildman–Crippen MR) is 105 cm³/mol. The van der Waals surface area contributed by atoms with Crippen LogP contribution in [0.2, 0.25) is 0 Å². The third kappa shape index (κ3) is 3.34. The molecule has 0 fully saturated rings. The fourth-order valence-corrected chi connectivity index (χ4v) is 3.54. The highest BCUT2D eigenvalue weighted by Gasteiger charge is 2.14. The van der Waals surface area contributed by atoms with Crippen molar-refractivity contribution in [2.24, 2.45) is 0 Å². The van der Waals surface area contributed by atoms with Gasteiger partial charge in [-0.3, -0.25) is 9.78 Å². The van der Waals surface area contributed by atoms with Crippen LogP contribution in [0.15, 0.2) is 66.3 Å². The van der Waals surface area contributed by atoms with Crippen LogP contribution in [0.25, 0.3) is 21.5 Å². The zero-order valence-corrected chi connectivity index (χ0v) is 15.1. The van der Waals surface area contributed by atoms with Crippen LogP contribution in [0.4, 0.5) is 0 Å². The van der Waals surface area contributed by atoms with Crippen LogP contribution >= 0.6 is 11.3 Å². The number of hydrogen-bond donors (Lipinski definition) is 1. The summed E-state index contributed by atoms with van der Waals surface area (Å²) in [5.41, 5.74) is 4.42. The van der Waals surface area contributed by atoms with E-state index in [-0.39, 0.29) is 5.91 Å². The third-order valence-electron chi connectivity index (χ3n) is 4.18. The number of aromatic nitrogens is 2. The fourth-order valence-electron chi connectivity index (χ4n) is 2.86. The van der Waals surface area contributed by atoms with Crippen molar-refractivity contribution in [3.8, 4) is 10.6 Å². The average Bonchev–Trinajstić information content (AvgIpc) is 3.21. The molecule has 0 aliphatic heterocycles. The SMILES string of the molecule is Cc1ccc2nc(-c3cccs3)cc(C(=O)NCc3ccncc3)c2c1. The number of nitrogens with one attached hydrogen (secondary N) is 1. The number of thiophene rings is 1. The highest BCUT2D eigenvalue weighted by atomic mass is 32.1. The third-order valence-corrected chi connectivity index (χ3v) is 5.08. The van der Waals surface area contributed by atoms with Gasteiger partial charge >= 0.3 is 0 Å². The summed E-state index contributed by atoms with van der Waals surface area (Å²) in [6.07, 6.45) is 3.45. The maximum absolute atomic E-state index is 12.9. The molecule has 4 rings (SSSR count). The van der Waals surface area contributed by atoms with Gasteiger partial charge in [-0.05, 0) is 54.3 Å². The van der Waals surface area contributed by atoms with Crippen molar-refractivity contribution in [2.75, 3.05) is 0 Å². The molecule has 1 amide bonds. The summed E-state index contributed by atoms with van der Waals surface area (Å²) >= 11 is 1.62. The first kappa shape index (κ1) is 16.4. The van der Waals surface area contributed by atoms with Crippen LogP contribution in [0.5, 0.6) is 0 Å². The monoisotopic (exact) mass is 359 g/mol. The first-order valence-electron chi connectivity index (χ1n) is 8.33. The summed E-state index contributed by atoms with van der Waals surface area (Å²) in [6.45, 7) is 2.48. The second-order valence-corrected chi connectivity index (χ2v) is 7.04. The Hall–Kier alpha value is -3.05. The van der Waals surface area contributed by atoms with Gasteiger partial charge in [-0.15, -0.1) is 11.3 Å². The highest BCUT2D eigenvalue weighted by Crippen LogP contribution is 2.28. The minimum atomic E-state index is -0.0994. The molecular weight excluding hydrogens is 342 g/mol. The first-order valence-corrected chi connectivity index (χ1v) is 9.21. The Kier molecular flexibility index (Phi) is 4.46. The van der Waals surface area contributed by atoms with Crippen molar-refractivity contribution in [2.45, 2.75) is 13.5 Å². The van der Waals surface area contributed by atoms with Crippen LogP contribution in [-0.4, -0.2) is 15.9 Å². The topological polar surface area (TPSA) is 54.9 Å². The van der Waals surface area contributed by atoms with Crippen molar-refractivity contribution >= 4 is 28.1 Å². The summed E-state index contributed by atoms with van der Waals surface area (Å²) in [5, 5.41) is 5.89. The molecule has 0 saturated carbocycles. The van der Waals surface area contributed by atoms with E-state index in [0.29, 0.717) is 12.1 Å². The molecule has 0 unspecified atom stereocenters. The van der Waals surface area contributed by atoms with Gasteiger partial charge in [-0.1, -0.05) is 17.7 Å². The first-order chi connectivity index (χ1) is 12.7. The van der Waals surface area contributed by atoms with Crippen LogP contribution in [0.1, 0.15) is 21.5 Å². The molecule has 4 aromatic rings. The second-order valence-electron chi connectivity index (χ2n) is 6.09. The van der Waals surface area contributed by atoms with Gasteiger partial charge in [0, 0.05) is 24.3 Å². The van der Waals surface area contributed by atoms with Crippen molar-refractivity contribution in [3.05, 3.63) is 83.0 Å². The summed E-state index contributed by atoms with van der Waals surface area (Å²) < 4.78 is 0. The lowest BCUT2D eigenvalue weighted by Gasteiger charge is -2.11. The second kappa shape index (κ2) is 7.06. The summed E-state index contributed by atoms with van der Waals surface area (Å²) in [5.74, 6) is -0.0994. The molecule has 128 valence electrons. The van der Waals surface area contributed by atoms with E-state index in [0.717, 1.165) is 32.6 Å². The van der Waals surface area contributed by atoms with Gasteiger partial charge in [0.05, 0.1) is 21.7 Å². The Labute approximate surface area is 155 Å². The van der Waals surface area contributed by atoms with Gasteiger partial charge in [0.1, 0.15) is 0 Å². The molecule has 0 saturated heterocycles. The molecule has 3 aromatic heterocycles. The van der Waals surface area contributed by atoms with Crippen LogP contribution in [0.3, 0.4) is 0 Å². The largest absolute Gasteiger partial charge is 0.348 e. The van der Waals surface area contributed by atoms with E-state index in [1.165, 1.54) is 0 Å². The van der Waals surface area contributed by atoms with Gasteiger partial charge in [-0.25, -0.2) is 4.98 Å². The van der Waals surface area contributed by atoms with Crippen molar-refractivity contribution in [1.29, 1.82) is 0 Å². The number of fused-ring (bicyclic) bond motifs is 1. The zero-order valence-electron chi connectivity index (χ0n) is 14.3. The van der Waals surface area contributed by atoms with E-state index in [2.05, 4.69) is 10.3 Å². The normalized spacial score (nSPS) is 10.8. The molecule has 1 aromatic carbocycles. The van der Waals surface area contributed by atoms with E-state index in [1.807, 2.05) is 60.8 Å². The average molecular weight is 359 g/mol. The molecule has 0 bridgehead atoms. The number of rotatable bonds is 4. The lowest BCUT2D eigenvalue weighted by Crippen LogP contribution is -2.23. The number of aryl methyl sites for hydroxylation is 1. The number of amides is 1. The minimum absolute atomic E-state index is 0.0994. The number of hydrogen-bond acceptors (Lipinski definition) is 4. The Balaban J connectivity index is 1.74. The fraction of sp³-hybridized carbons (Fsp3) is 0.0952. The molecule has 0 atom stereocenters. The van der Waals surface area contributed by atoms with E-state index >= 15 is 0 Å². The lowest BCUT2D eigenvalue weighted by atomic mass is 10.0. The summed E-state index contributed by atoms with van der Waals surface area (Å²) in [7, 11) is 0. The minimum Gasteiger partial charge on any atom is -0.348 e. The molecule has 5 heteroatoms. The highest BCUT2D eigenvalue weighted by molar-refractivity contribution is 7.13. The number of pyridine rings is 2. The number of carbonyl (C=O) groups excluding carboxylic acids is 1. The van der Waals surface area contributed by atoms with Gasteiger partial charge < -0.3 is 5.32 Å². The van der Waals surface area contributed by atoms with E-state index in [9.17, 15) is 4.79 Å². The summed E-state index contributed by atoms with van der Waals surface area (Å²) in [6, 6.07) is 15.7. The Morgan fingerprint density at radius 2 is 1.96 bits per heavy atom. The Bertz CT molecular complexity index is 1060. The standard InChI is InChI=1S/C21H17N3OS/c1-14-4-5-18-16(11-14)17(12-19(24-18)20-3-2-10-26-20)21(25)23-13-15-6-8-22-9-7-15/h2-12H,13H2,1H3,(H,23,25). The van der Waals surface area contributed by atoms with E-state index in [4.69, 9.17) is 4.98 Å². The Morgan fingerprint density at radius 1 is 1.12 bits per heavy atom. The van der Waals surface area contributed by atoms with Crippen LogP contribution in [-0.2, 0) is 6.54 Å². The quantitative estimate of drug-likeness (QED) is 0.579. The zero-order chi connectivity index (χ0) is 17.9. The number of nitrogens with zero attached hydrogens (tertiary/aromatic N) is 2. The van der Waals surface area contributed by atoms with E-state index < -0.39 is 0 Å². The Morgan fingerprint density at radius 3 is 2.73 bits per heavy atom. The molecular formula is C21H17N3OS. The van der Waals surface area contributed by atoms with Crippen LogP contribution in [0, 0.1) is 6.92 Å². The molecule has 0 aliphatic carbocycles. The maximum atomic E-state index is 12.9. The van der Waals surface area contributed by atoms with Crippen molar-refractivity contribution < 1.29 is 4.79 Å². The van der Waals surface area contributed by atoms with E-state index in [1.54, 1.807) is 23.7 Å². The molecule has 1 N–H and O–H groups in total. The lowest BCUT2D eigenvalue weighted by molar-refractivity contribution is 0.0952. The molecule has 4 nitrogen and oxygen atoms in total. The smallest absolute Gasteiger partial charge is 0.252 e. The molecule has 26 heavy (non-hydrogen) atoms. The number of benzene rings is 1. The van der Waals surface area contributed by atoms with Gasteiger partial charge in [-0.2, -0.15) is 0 Å². The summed E-state index contributed by atoms with van der Waals surface area (Å²) in [4.78, 5) is 22.7. The van der Waals surface area contributed by atoms with Gasteiger partial charge in [0.2, 0.25) is 0 Å². The number of carbonyl (C=O) groups is 1. The molecule has 0 radical (unpaired) electrons. The molecule has 0 spiro atoms. The molecule has 0 aliphatic rings. The predicted octanol–water partition coefficient (Wildman–Crippen LogP) is 4.60. The van der Waals surface area contributed by atoms with Gasteiger partial charge in [0.25, 0.3) is 5.91 Å². The molecule has 3 heterocycles. The van der Waals surface area contributed by atoms with Crippen molar-refractivity contribution in [1.82, 2.24) is 15.3 Å². The van der Waals surface area contributed by atoms with Gasteiger partial charge in [0.15, 0.2) is 0 Å².